The van der Waals surface area contributed by atoms with E-state index in [9.17, 15) is 9.18 Å². The second-order valence-electron chi connectivity index (χ2n) is 9.40. The molecule has 1 aliphatic rings. The molecule has 1 aliphatic heterocycles. The molecule has 1 saturated heterocycles. The van der Waals surface area contributed by atoms with E-state index in [0.29, 0.717) is 37.4 Å². The molecular formula is C30H27FN6O. The number of halogens is 1. The number of rotatable bonds is 5. The van der Waals surface area contributed by atoms with Gasteiger partial charge in [0.1, 0.15) is 17.5 Å². The smallest absolute Gasteiger partial charge is 0.254 e. The number of carbonyl (C=O) groups is 1. The molecule has 6 rings (SSSR count). The minimum absolute atomic E-state index is 0.152. The minimum atomic E-state index is -0.406. The van der Waals surface area contributed by atoms with Gasteiger partial charge in [-0.25, -0.2) is 19.0 Å². The van der Waals surface area contributed by atoms with Crippen molar-refractivity contribution in [3.8, 4) is 5.69 Å². The fourth-order valence-electron chi connectivity index (χ4n) is 4.93. The van der Waals surface area contributed by atoms with Gasteiger partial charge in [0.2, 0.25) is 0 Å². The lowest BCUT2D eigenvalue weighted by molar-refractivity contribution is 0.0766. The number of anilines is 1. The van der Waals surface area contributed by atoms with E-state index < -0.39 is 5.82 Å². The highest BCUT2D eigenvalue weighted by atomic mass is 19.1. The highest BCUT2D eigenvalue weighted by molar-refractivity contribution is 5.94. The summed E-state index contributed by atoms with van der Waals surface area (Å²) >= 11 is 0. The summed E-state index contributed by atoms with van der Waals surface area (Å²) in [5.41, 5.74) is 3.19. The number of aromatic nitrogens is 4. The van der Waals surface area contributed by atoms with E-state index in [4.69, 9.17) is 9.97 Å². The lowest BCUT2D eigenvalue weighted by atomic mass is 10.1. The van der Waals surface area contributed by atoms with Gasteiger partial charge in [0, 0.05) is 38.2 Å². The Bertz CT molecular complexity index is 1570. The predicted molar refractivity (Wildman–Crippen MR) is 145 cm³/mol. The second-order valence-corrected chi connectivity index (χ2v) is 9.40. The van der Waals surface area contributed by atoms with Gasteiger partial charge in [-0.05, 0) is 42.3 Å². The van der Waals surface area contributed by atoms with Crippen LogP contribution in [0.4, 0.5) is 10.2 Å². The largest absolute Gasteiger partial charge is 0.354 e. The average Bonchev–Trinajstić information content (AvgIpc) is 3.22. The number of hydrogen-bond donors (Lipinski definition) is 0. The lowest BCUT2D eigenvalue weighted by Crippen LogP contribution is -2.35. The molecule has 1 fully saturated rings. The van der Waals surface area contributed by atoms with Crippen molar-refractivity contribution < 1.29 is 9.18 Å². The van der Waals surface area contributed by atoms with Gasteiger partial charge in [0.25, 0.3) is 5.91 Å². The van der Waals surface area contributed by atoms with Crippen molar-refractivity contribution in [2.75, 3.05) is 31.1 Å². The third kappa shape index (κ3) is 4.85. The summed E-state index contributed by atoms with van der Waals surface area (Å²) in [4.78, 5) is 27.0. The topological polar surface area (TPSA) is 67.2 Å². The number of fused-ring (bicyclic) bond motifs is 1. The van der Waals surface area contributed by atoms with Gasteiger partial charge in [0.15, 0.2) is 5.65 Å². The summed E-state index contributed by atoms with van der Waals surface area (Å²) in [7, 11) is 0. The summed E-state index contributed by atoms with van der Waals surface area (Å²) < 4.78 is 15.6. The zero-order valence-electron chi connectivity index (χ0n) is 20.9. The first-order chi connectivity index (χ1) is 18.7. The highest BCUT2D eigenvalue weighted by Gasteiger charge is 2.24. The molecule has 3 heterocycles. The van der Waals surface area contributed by atoms with Crippen LogP contribution in [0.15, 0.2) is 91.1 Å². The highest BCUT2D eigenvalue weighted by Crippen LogP contribution is 2.27. The maximum absolute atomic E-state index is 13.7. The molecular weight excluding hydrogens is 479 g/mol. The Kier molecular flexibility index (Phi) is 6.52. The molecule has 190 valence electrons. The number of amides is 1. The summed E-state index contributed by atoms with van der Waals surface area (Å²) in [6.45, 7) is 2.46. The number of benzene rings is 3. The Hall–Kier alpha value is -4.59. The van der Waals surface area contributed by atoms with Crippen LogP contribution in [0.5, 0.6) is 0 Å². The van der Waals surface area contributed by atoms with Gasteiger partial charge in [-0.1, -0.05) is 54.6 Å². The van der Waals surface area contributed by atoms with Crippen molar-refractivity contribution in [3.05, 3.63) is 114 Å². The van der Waals surface area contributed by atoms with E-state index in [2.05, 4.69) is 22.1 Å². The van der Waals surface area contributed by atoms with Crippen molar-refractivity contribution in [3.63, 3.8) is 0 Å². The Morgan fingerprint density at radius 1 is 0.842 bits per heavy atom. The van der Waals surface area contributed by atoms with Gasteiger partial charge in [-0.3, -0.25) is 4.79 Å². The SMILES string of the molecule is O=C(c1cccc(F)c1)N1CCCN(c2nc(Cc3ccccc3)nc3c2cnn3-c2ccccc2)CC1. The van der Waals surface area contributed by atoms with Crippen molar-refractivity contribution in [1.29, 1.82) is 0 Å². The molecule has 0 spiro atoms. The van der Waals surface area contributed by atoms with E-state index >= 15 is 0 Å². The maximum Gasteiger partial charge on any atom is 0.254 e. The fourth-order valence-corrected chi connectivity index (χ4v) is 4.93. The van der Waals surface area contributed by atoms with Gasteiger partial charge in [-0.15, -0.1) is 0 Å². The van der Waals surface area contributed by atoms with Crippen LogP contribution < -0.4 is 4.90 Å². The maximum atomic E-state index is 13.7. The quantitative estimate of drug-likeness (QED) is 0.339. The lowest BCUT2D eigenvalue weighted by Gasteiger charge is -2.24. The Morgan fingerprint density at radius 3 is 2.42 bits per heavy atom. The standard InChI is InChI=1S/C30H27FN6O/c31-24-12-7-11-23(20-24)30(38)36-16-8-15-35(17-18-36)28-26-21-32-37(25-13-5-2-6-14-25)29(26)34-27(33-28)19-22-9-3-1-4-10-22/h1-7,9-14,20-21H,8,15-19H2. The Labute approximate surface area is 220 Å². The van der Waals surface area contributed by atoms with Crippen LogP contribution in [0, 0.1) is 5.82 Å². The Balaban J connectivity index is 1.34. The third-order valence-corrected chi connectivity index (χ3v) is 6.81. The molecule has 38 heavy (non-hydrogen) atoms. The van der Waals surface area contributed by atoms with Crippen LogP contribution in [0.25, 0.3) is 16.7 Å². The monoisotopic (exact) mass is 506 g/mol. The summed E-state index contributed by atoms with van der Waals surface area (Å²) in [6, 6.07) is 26.0. The number of para-hydroxylation sites is 1. The normalized spacial score (nSPS) is 14.0. The van der Waals surface area contributed by atoms with Crippen molar-refractivity contribution in [2.45, 2.75) is 12.8 Å². The molecule has 0 N–H and O–H groups in total. The van der Waals surface area contributed by atoms with Crippen LogP contribution >= 0.6 is 0 Å². The van der Waals surface area contributed by atoms with Crippen molar-refractivity contribution >= 4 is 22.8 Å². The zero-order chi connectivity index (χ0) is 25.9. The molecule has 0 unspecified atom stereocenters. The summed E-state index contributed by atoms with van der Waals surface area (Å²) in [5, 5.41) is 5.54. The molecule has 0 radical (unpaired) electrons. The van der Waals surface area contributed by atoms with Gasteiger partial charge in [-0.2, -0.15) is 5.10 Å². The summed E-state index contributed by atoms with van der Waals surface area (Å²) in [6.07, 6.45) is 3.19. The molecule has 8 heteroatoms. The predicted octanol–water partition coefficient (Wildman–Crippen LogP) is 4.90. The molecule has 5 aromatic rings. The van der Waals surface area contributed by atoms with E-state index in [1.807, 2.05) is 59.4 Å². The molecule has 2 aromatic heterocycles. The van der Waals surface area contributed by atoms with Crippen LogP contribution in [0.2, 0.25) is 0 Å². The van der Waals surface area contributed by atoms with Gasteiger partial charge >= 0.3 is 0 Å². The third-order valence-electron chi connectivity index (χ3n) is 6.81. The van der Waals surface area contributed by atoms with E-state index in [1.54, 1.807) is 17.0 Å². The fraction of sp³-hybridized carbons (Fsp3) is 0.200. The molecule has 0 bridgehead atoms. The van der Waals surface area contributed by atoms with Crippen LogP contribution in [0.1, 0.15) is 28.2 Å². The number of hydrogen-bond acceptors (Lipinski definition) is 5. The molecule has 0 atom stereocenters. The van der Waals surface area contributed by atoms with E-state index in [0.717, 1.165) is 41.1 Å². The minimum Gasteiger partial charge on any atom is -0.354 e. The molecule has 0 saturated carbocycles. The molecule has 0 aliphatic carbocycles. The van der Waals surface area contributed by atoms with E-state index in [1.165, 1.54) is 12.1 Å². The van der Waals surface area contributed by atoms with Crippen molar-refractivity contribution in [1.82, 2.24) is 24.6 Å². The van der Waals surface area contributed by atoms with Crippen LogP contribution in [-0.2, 0) is 6.42 Å². The van der Waals surface area contributed by atoms with Gasteiger partial charge < -0.3 is 9.80 Å². The van der Waals surface area contributed by atoms with Gasteiger partial charge in [0.05, 0.1) is 17.3 Å². The first-order valence-corrected chi connectivity index (χ1v) is 12.8. The summed E-state index contributed by atoms with van der Waals surface area (Å²) in [5.74, 6) is 0.981. The molecule has 7 nitrogen and oxygen atoms in total. The molecule has 1 amide bonds. The van der Waals surface area contributed by atoms with Crippen molar-refractivity contribution in [2.24, 2.45) is 0 Å². The average molecular weight is 507 g/mol. The second kappa shape index (κ2) is 10.4. The van der Waals surface area contributed by atoms with Crippen LogP contribution in [-0.4, -0.2) is 56.7 Å². The first-order valence-electron chi connectivity index (χ1n) is 12.8. The zero-order valence-corrected chi connectivity index (χ0v) is 20.9. The molecule has 3 aromatic carbocycles. The van der Waals surface area contributed by atoms with Crippen LogP contribution in [0.3, 0.4) is 0 Å². The number of carbonyl (C=O) groups excluding carboxylic acids is 1. The van der Waals surface area contributed by atoms with E-state index in [-0.39, 0.29) is 5.91 Å². The Morgan fingerprint density at radius 2 is 1.63 bits per heavy atom. The number of nitrogens with zero attached hydrogens (tertiary/aromatic N) is 6. The first kappa shape index (κ1) is 23.8.